The molecular formula is C13H14N2O3S. The number of benzene rings is 1. The first-order chi connectivity index (χ1) is 9.21. The molecule has 0 aliphatic carbocycles. The second-order valence-corrected chi connectivity index (χ2v) is 4.13. The fourth-order valence-electron chi connectivity index (χ4n) is 1.80. The molecule has 0 spiro atoms. The van der Waals surface area contributed by atoms with E-state index in [2.05, 4.69) is 10.2 Å². The lowest BCUT2D eigenvalue weighted by Gasteiger charge is -2.15. The van der Waals surface area contributed by atoms with Gasteiger partial charge in [-0.05, 0) is 24.3 Å². The van der Waals surface area contributed by atoms with Crippen molar-refractivity contribution >= 4 is 12.2 Å². The van der Waals surface area contributed by atoms with Crippen LogP contribution in [0.25, 0.3) is 11.3 Å². The lowest BCUT2D eigenvalue weighted by Crippen LogP contribution is -1.98. The van der Waals surface area contributed by atoms with Gasteiger partial charge in [0.05, 0.1) is 27.0 Å². The Morgan fingerprint density at radius 3 is 2.21 bits per heavy atom. The summed E-state index contributed by atoms with van der Waals surface area (Å²) >= 11 is 4.98. The van der Waals surface area contributed by atoms with Gasteiger partial charge in [-0.15, -0.1) is 0 Å². The fourth-order valence-corrected chi connectivity index (χ4v) is 1.91. The van der Waals surface area contributed by atoms with E-state index in [1.165, 1.54) is 0 Å². The minimum atomic E-state index is 0.534. The quantitative estimate of drug-likeness (QED) is 0.871. The van der Waals surface area contributed by atoms with Crippen molar-refractivity contribution < 1.29 is 14.2 Å². The second kappa shape index (κ2) is 5.71. The summed E-state index contributed by atoms with van der Waals surface area (Å²) in [5.41, 5.74) is 1.51. The zero-order chi connectivity index (χ0) is 13.8. The summed E-state index contributed by atoms with van der Waals surface area (Å²) in [5.74, 6) is 1.71. The summed E-state index contributed by atoms with van der Waals surface area (Å²) in [6.45, 7) is 0. The number of nitrogens with zero attached hydrogens (tertiary/aromatic N) is 1. The average Bonchev–Trinajstić information content (AvgIpc) is 2.46. The van der Waals surface area contributed by atoms with Gasteiger partial charge >= 0.3 is 0 Å². The Kier molecular flexibility index (Phi) is 4.01. The predicted molar refractivity (Wildman–Crippen MR) is 74.5 cm³/mol. The summed E-state index contributed by atoms with van der Waals surface area (Å²) in [6, 6.07) is 7.26. The molecule has 1 aromatic carbocycles. The maximum Gasteiger partial charge on any atom is 0.203 e. The number of hydrogen-bond donors (Lipinski definition) is 1. The highest BCUT2D eigenvalue weighted by molar-refractivity contribution is 7.71. The van der Waals surface area contributed by atoms with E-state index in [0.717, 1.165) is 5.56 Å². The molecule has 0 fully saturated rings. The molecule has 5 nitrogen and oxygen atoms in total. The van der Waals surface area contributed by atoms with Crippen molar-refractivity contribution in [3.05, 3.63) is 28.9 Å². The number of rotatable bonds is 4. The van der Waals surface area contributed by atoms with E-state index in [9.17, 15) is 0 Å². The largest absolute Gasteiger partial charge is 0.493 e. The van der Waals surface area contributed by atoms with E-state index in [1.807, 2.05) is 12.1 Å². The number of methoxy groups -OCH3 is 3. The fraction of sp³-hybridized carbons (Fsp3) is 0.231. The number of nitrogens with one attached hydrogen (secondary N) is 1. The monoisotopic (exact) mass is 278 g/mol. The van der Waals surface area contributed by atoms with E-state index in [4.69, 9.17) is 26.4 Å². The third-order valence-corrected chi connectivity index (χ3v) is 2.89. The summed E-state index contributed by atoms with van der Waals surface area (Å²) in [6.07, 6.45) is 0. The van der Waals surface area contributed by atoms with E-state index >= 15 is 0 Å². The molecule has 0 aliphatic heterocycles. The summed E-state index contributed by atoms with van der Waals surface area (Å²) < 4.78 is 16.6. The van der Waals surface area contributed by atoms with Gasteiger partial charge in [0.25, 0.3) is 0 Å². The lowest BCUT2D eigenvalue weighted by molar-refractivity contribution is 0.325. The van der Waals surface area contributed by atoms with E-state index in [-0.39, 0.29) is 0 Å². The first-order valence-corrected chi connectivity index (χ1v) is 5.97. The zero-order valence-electron chi connectivity index (χ0n) is 10.9. The van der Waals surface area contributed by atoms with Crippen LogP contribution >= 0.6 is 12.2 Å². The van der Waals surface area contributed by atoms with Gasteiger partial charge in [0.1, 0.15) is 4.64 Å². The molecule has 0 amide bonds. The number of aromatic nitrogens is 2. The standard InChI is InChI=1S/C13H14N2O3S/c1-16-10-6-4-8(12(17-2)13(10)18-3)9-5-7-11(19)15-14-9/h4-7H,1-3H3,(H,15,19). The van der Waals surface area contributed by atoms with Gasteiger partial charge in [-0.25, -0.2) is 0 Å². The van der Waals surface area contributed by atoms with Crippen LogP contribution in [0.15, 0.2) is 24.3 Å². The first kappa shape index (κ1) is 13.4. The molecule has 1 heterocycles. The Morgan fingerprint density at radius 2 is 1.68 bits per heavy atom. The third kappa shape index (κ3) is 2.53. The molecule has 0 radical (unpaired) electrons. The van der Waals surface area contributed by atoms with Crippen LogP contribution < -0.4 is 14.2 Å². The van der Waals surface area contributed by atoms with Crippen LogP contribution in [0.5, 0.6) is 17.2 Å². The van der Waals surface area contributed by atoms with Crippen molar-refractivity contribution in [2.45, 2.75) is 0 Å². The number of H-pyrrole nitrogens is 1. The molecule has 1 aromatic heterocycles. The summed E-state index contributed by atoms with van der Waals surface area (Å²) in [5, 5.41) is 6.94. The number of ether oxygens (including phenoxy) is 3. The molecule has 0 bridgehead atoms. The van der Waals surface area contributed by atoms with Crippen molar-refractivity contribution in [1.29, 1.82) is 0 Å². The van der Waals surface area contributed by atoms with Crippen LogP contribution in [0.2, 0.25) is 0 Å². The van der Waals surface area contributed by atoms with Gasteiger partial charge in [0.2, 0.25) is 5.75 Å². The molecular weight excluding hydrogens is 264 g/mol. The van der Waals surface area contributed by atoms with Crippen LogP contribution in [0.4, 0.5) is 0 Å². The van der Waals surface area contributed by atoms with Crippen LogP contribution in [-0.4, -0.2) is 31.5 Å². The predicted octanol–water partition coefficient (Wildman–Crippen LogP) is 2.83. The lowest BCUT2D eigenvalue weighted by atomic mass is 10.1. The summed E-state index contributed by atoms with van der Waals surface area (Å²) in [7, 11) is 4.72. The highest BCUT2D eigenvalue weighted by Gasteiger charge is 2.17. The van der Waals surface area contributed by atoms with Gasteiger partial charge < -0.3 is 14.2 Å². The molecule has 0 atom stereocenters. The SMILES string of the molecule is COc1ccc(-c2ccc(=S)[nH]n2)c(OC)c1OC. The van der Waals surface area contributed by atoms with Crippen molar-refractivity contribution in [1.82, 2.24) is 10.2 Å². The van der Waals surface area contributed by atoms with Gasteiger partial charge in [0.15, 0.2) is 11.5 Å². The maximum atomic E-state index is 5.41. The Balaban J connectivity index is 2.63. The van der Waals surface area contributed by atoms with Gasteiger partial charge in [0, 0.05) is 5.56 Å². The Bertz CT molecular complexity index is 620. The average molecular weight is 278 g/mol. The molecule has 0 saturated heterocycles. The maximum absolute atomic E-state index is 5.41. The molecule has 0 aliphatic rings. The van der Waals surface area contributed by atoms with Crippen LogP contribution in [0.1, 0.15) is 0 Å². The van der Waals surface area contributed by atoms with Crippen molar-refractivity contribution in [3.63, 3.8) is 0 Å². The van der Waals surface area contributed by atoms with Crippen molar-refractivity contribution in [3.8, 4) is 28.5 Å². The minimum absolute atomic E-state index is 0.534. The van der Waals surface area contributed by atoms with Gasteiger partial charge in [-0.2, -0.15) is 5.10 Å². The van der Waals surface area contributed by atoms with E-state index < -0.39 is 0 Å². The van der Waals surface area contributed by atoms with Crippen molar-refractivity contribution in [2.24, 2.45) is 0 Å². The van der Waals surface area contributed by atoms with Crippen LogP contribution in [-0.2, 0) is 0 Å². The summed E-state index contributed by atoms with van der Waals surface area (Å²) in [4.78, 5) is 0. The number of hydrogen-bond acceptors (Lipinski definition) is 5. The normalized spacial score (nSPS) is 10.1. The molecule has 0 unspecified atom stereocenters. The number of aromatic amines is 1. The molecule has 2 aromatic rings. The van der Waals surface area contributed by atoms with Crippen LogP contribution in [0.3, 0.4) is 0 Å². The highest BCUT2D eigenvalue weighted by Crippen LogP contribution is 2.43. The Labute approximate surface area is 116 Å². The van der Waals surface area contributed by atoms with Crippen molar-refractivity contribution in [2.75, 3.05) is 21.3 Å². The third-order valence-electron chi connectivity index (χ3n) is 2.66. The molecule has 1 N–H and O–H groups in total. The van der Waals surface area contributed by atoms with Gasteiger partial charge in [-0.1, -0.05) is 12.2 Å². The molecule has 100 valence electrons. The van der Waals surface area contributed by atoms with Crippen LogP contribution in [0, 0.1) is 4.64 Å². The first-order valence-electron chi connectivity index (χ1n) is 5.56. The van der Waals surface area contributed by atoms with Gasteiger partial charge in [-0.3, -0.25) is 5.10 Å². The molecule has 6 heteroatoms. The molecule has 19 heavy (non-hydrogen) atoms. The highest BCUT2D eigenvalue weighted by atomic mass is 32.1. The smallest absolute Gasteiger partial charge is 0.203 e. The molecule has 0 saturated carbocycles. The zero-order valence-corrected chi connectivity index (χ0v) is 11.7. The molecule has 2 rings (SSSR count). The Hall–Kier alpha value is -2.08. The minimum Gasteiger partial charge on any atom is -0.493 e. The topological polar surface area (TPSA) is 56.4 Å². The Morgan fingerprint density at radius 1 is 0.947 bits per heavy atom. The van der Waals surface area contributed by atoms with E-state index in [0.29, 0.717) is 27.6 Å². The van der Waals surface area contributed by atoms with E-state index in [1.54, 1.807) is 33.5 Å². The second-order valence-electron chi connectivity index (χ2n) is 3.69.